The van der Waals surface area contributed by atoms with E-state index in [0.29, 0.717) is 16.3 Å². The summed E-state index contributed by atoms with van der Waals surface area (Å²) in [6, 6.07) is 13.7. The third kappa shape index (κ3) is 3.16. The number of anilines is 1. The molecule has 1 amide bonds. The van der Waals surface area contributed by atoms with Crippen molar-refractivity contribution in [1.82, 2.24) is 20.2 Å². The zero-order valence-electron chi connectivity index (χ0n) is 12.9. The fourth-order valence-corrected chi connectivity index (χ4v) is 3.03. The zero-order valence-corrected chi connectivity index (χ0v) is 13.7. The highest BCUT2D eigenvalue weighted by Gasteiger charge is 2.11. The standard InChI is InChI=1S/C17H12FN5OS/c18-11-6-2-4-8-13(11)19-14(24)9-25-17-21-16-15(22-23-17)10-5-1-3-7-12(10)20-16/h1-8H,9H2,(H,19,24)(H,20,21,23). The molecular formula is C17H12FN5OS. The topological polar surface area (TPSA) is 83.6 Å². The second-order valence-corrected chi connectivity index (χ2v) is 6.22. The monoisotopic (exact) mass is 353 g/mol. The molecule has 2 aromatic carbocycles. The first-order chi connectivity index (χ1) is 12.2. The number of fused-ring (bicyclic) bond motifs is 3. The molecule has 0 aliphatic rings. The number of carbonyl (C=O) groups is 1. The van der Waals surface area contributed by atoms with Crippen molar-refractivity contribution in [2.45, 2.75) is 5.16 Å². The predicted molar refractivity (Wildman–Crippen MR) is 94.9 cm³/mol. The molecule has 4 rings (SSSR count). The van der Waals surface area contributed by atoms with Gasteiger partial charge in [0.15, 0.2) is 5.65 Å². The van der Waals surface area contributed by atoms with Gasteiger partial charge in [0.05, 0.1) is 11.4 Å². The lowest BCUT2D eigenvalue weighted by atomic mass is 10.2. The normalized spacial score (nSPS) is 11.1. The SMILES string of the molecule is O=C(CSc1nnc2c(n1)[nH]c1ccccc12)Nc1ccccc1F. The van der Waals surface area contributed by atoms with Crippen molar-refractivity contribution in [1.29, 1.82) is 0 Å². The van der Waals surface area contributed by atoms with Crippen LogP contribution in [0, 0.1) is 5.82 Å². The number of hydrogen-bond acceptors (Lipinski definition) is 5. The minimum absolute atomic E-state index is 0.0573. The molecule has 124 valence electrons. The third-order valence-electron chi connectivity index (χ3n) is 3.58. The second-order valence-electron chi connectivity index (χ2n) is 5.28. The summed E-state index contributed by atoms with van der Waals surface area (Å²) in [6.45, 7) is 0. The fourth-order valence-electron chi connectivity index (χ4n) is 2.45. The van der Waals surface area contributed by atoms with Crippen LogP contribution >= 0.6 is 11.8 Å². The van der Waals surface area contributed by atoms with Crippen LogP contribution in [0.2, 0.25) is 0 Å². The highest BCUT2D eigenvalue weighted by molar-refractivity contribution is 7.99. The number of H-pyrrole nitrogens is 1. The van der Waals surface area contributed by atoms with E-state index in [4.69, 9.17) is 0 Å². The first-order valence-corrected chi connectivity index (χ1v) is 8.47. The number of nitrogens with zero attached hydrogens (tertiary/aromatic N) is 3. The molecule has 2 N–H and O–H groups in total. The maximum Gasteiger partial charge on any atom is 0.234 e. The smallest absolute Gasteiger partial charge is 0.234 e. The van der Waals surface area contributed by atoms with Crippen LogP contribution < -0.4 is 5.32 Å². The van der Waals surface area contributed by atoms with Crippen molar-refractivity contribution < 1.29 is 9.18 Å². The Morgan fingerprint density at radius 1 is 1.12 bits per heavy atom. The molecule has 4 aromatic rings. The van der Waals surface area contributed by atoms with Crippen molar-refractivity contribution in [3.63, 3.8) is 0 Å². The molecule has 2 aromatic heterocycles. The van der Waals surface area contributed by atoms with E-state index in [2.05, 4.69) is 25.5 Å². The largest absolute Gasteiger partial charge is 0.338 e. The van der Waals surface area contributed by atoms with Crippen molar-refractivity contribution in [2.24, 2.45) is 0 Å². The first-order valence-electron chi connectivity index (χ1n) is 7.49. The maximum absolute atomic E-state index is 13.5. The number of benzene rings is 2. The van der Waals surface area contributed by atoms with Crippen LogP contribution in [0.25, 0.3) is 22.1 Å². The minimum Gasteiger partial charge on any atom is -0.338 e. The minimum atomic E-state index is -0.474. The number of para-hydroxylation sites is 2. The van der Waals surface area contributed by atoms with Gasteiger partial charge >= 0.3 is 0 Å². The molecule has 6 nitrogen and oxygen atoms in total. The number of hydrogen-bond donors (Lipinski definition) is 2. The Morgan fingerprint density at radius 3 is 2.80 bits per heavy atom. The van der Waals surface area contributed by atoms with Crippen LogP contribution in [0.1, 0.15) is 0 Å². The van der Waals surface area contributed by atoms with Gasteiger partial charge < -0.3 is 10.3 Å². The highest BCUT2D eigenvalue weighted by atomic mass is 32.2. The van der Waals surface area contributed by atoms with Crippen LogP contribution in [0.3, 0.4) is 0 Å². The van der Waals surface area contributed by atoms with E-state index >= 15 is 0 Å². The Kier molecular flexibility index (Phi) is 4.02. The van der Waals surface area contributed by atoms with Gasteiger partial charge in [-0.05, 0) is 18.2 Å². The summed E-state index contributed by atoms with van der Waals surface area (Å²) in [7, 11) is 0. The first kappa shape index (κ1) is 15.5. The van der Waals surface area contributed by atoms with Gasteiger partial charge in [0, 0.05) is 10.9 Å². The molecule has 25 heavy (non-hydrogen) atoms. The molecule has 0 atom stereocenters. The van der Waals surface area contributed by atoms with Gasteiger partial charge in [-0.2, -0.15) is 0 Å². The van der Waals surface area contributed by atoms with E-state index in [9.17, 15) is 9.18 Å². The van der Waals surface area contributed by atoms with Gasteiger partial charge in [0.1, 0.15) is 11.3 Å². The van der Waals surface area contributed by atoms with Crippen molar-refractivity contribution >= 4 is 45.4 Å². The number of carbonyl (C=O) groups excluding carboxylic acids is 1. The number of halogens is 1. The highest BCUT2D eigenvalue weighted by Crippen LogP contribution is 2.23. The van der Waals surface area contributed by atoms with Gasteiger partial charge in [-0.3, -0.25) is 4.79 Å². The summed E-state index contributed by atoms with van der Waals surface area (Å²) in [6.07, 6.45) is 0. The summed E-state index contributed by atoms with van der Waals surface area (Å²) < 4.78 is 13.5. The Morgan fingerprint density at radius 2 is 1.92 bits per heavy atom. The quantitative estimate of drug-likeness (QED) is 0.550. The Hall–Kier alpha value is -3.00. The number of rotatable bonds is 4. The van der Waals surface area contributed by atoms with Crippen LogP contribution in [0.5, 0.6) is 0 Å². The average molecular weight is 353 g/mol. The van der Waals surface area contributed by atoms with Crippen molar-refractivity contribution in [3.8, 4) is 0 Å². The van der Waals surface area contributed by atoms with Crippen molar-refractivity contribution in [2.75, 3.05) is 11.1 Å². The lowest BCUT2D eigenvalue weighted by Crippen LogP contribution is -2.15. The summed E-state index contributed by atoms with van der Waals surface area (Å²) in [5.41, 5.74) is 2.39. The zero-order chi connectivity index (χ0) is 17.2. The number of thioether (sulfide) groups is 1. The van der Waals surface area contributed by atoms with E-state index in [0.717, 1.165) is 22.7 Å². The molecule has 8 heteroatoms. The van der Waals surface area contributed by atoms with Crippen LogP contribution in [-0.2, 0) is 4.79 Å². The lowest BCUT2D eigenvalue weighted by Gasteiger charge is -2.05. The van der Waals surface area contributed by atoms with E-state index in [1.54, 1.807) is 12.1 Å². The molecule has 0 fully saturated rings. The third-order valence-corrected chi connectivity index (χ3v) is 4.42. The summed E-state index contributed by atoms with van der Waals surface area (Å²) in [4.78, 5) is 19.5. The number of aromatic amines is 1. The summed E-state index contributed by atoms with van der Waals surface area (Å²) in [5.74, 6) is -0.754. The predicted octanol–water partition coefficient (Wildman–Crippen LogP) is 3.38. The molecule has 0 aliphatic carbocycles. The van der Waals surface area contributed by atoms with E-state index < -0.39 is 5.82 Å². The van der Waals surface area contributed by atoms with Gasteiger partial charge in [0.25, 0.3) is 0 Å². The van der Waals surface area contributed by atoms with E-state index in [1.807, 2.05) is 24.3 Å². The maximum atomic E-state index is 13.5. The molecule has 0 unspecified atom stereocenters. The molecule has 0 radical (unpaired) electrons. The number of amides is 1. The van der Waals surface area contributed by atoms with E-state index in [-0.39, 0.29) is 17.3 Å². The second kappa shape index (κ2) is 6.48. The molecule has 0 spiro atoms. The van der Waals surface area contributed by atoms with Crippen molar-refractivity contribution in [3.05, 3.63) is 54.3 Å². The molecule has 2 heterocycles. The molecule has 0 saturated carbocycles. The van der Waals surface area contributed by atoms with Crippen LogP contribution in [0.15, 0.2) is 53.7 Å². The van der Waals surface area contributed by atoms with Gasteiger partial charge in [-0.1, -0.05) is 42.1 Å². The van der Waals surface area contributed by atoms with Crippen LogP contribution in [0.4, 0.5) is 10.1 Å². The average Bonchev–Trinajstić information content (AvgIpc) is 3.00. The number of nitrogens with one attached hydrogen (secondary N) is 2. The Balaban J connectivity index is 1.48. The van der Waals surface area contributed by atoms with Gasteiger partial charge in [-0.25, -0.2) is 9.37 Å². The molecule has 0 saturated heterocycles. The van der Waals surface area contributed by atoms with Crippen LogP contribution in [-0.4, -0.2) is 31.8 Å². The van der Waals surface area contributed by atoms with Gasteiger partial charge in [0.2, 0.25) is 11.1 Å². The van der Waals surface area contributed by atoms with E-state index in [1.165, 1.54) is 12.1 Å². The Labute approximate surface area is 145 Å². The summed E-state index contributed by atoms with van der Waals surface area (Å²) in [5, 5.41) is 12.1. The van der Waals surface area contributed by atoms with Gasteiger partial charge in [-0.15, -0.1) is 10.2 Å². The Bertz CT molecular complexity index is 1080. The molecular weight excluding hydrogens is 341 g/mol. The lowest BCUT2D eigenvalue weighted by molar-refractivity contribution is -0.113. The molecule has 0 bridgehead atoms. The summed E-state index contributed by atoms with van der Waals surface area (Å²) >= 11 is 1.14. The fraction of sp³-hybridized carbons (Fsp3) is 0.0588. The molecule has 0 aliphatic heterocycles. The number of aromatic nitrogens is 4.